The summed E-state index contributed by atoms with van der Waals surface area (Å²) in [6.07, 6.45) is 1.88. The fraction of sp³-hybridized carbons (Fsp3) is 0.353. The maximum Gasteiger partial charge on any atom is 0.328 e. The summed E-state index contributed by atoms with van der Waals surface area (Å²) in [5, 5.41) is 5.83. The maximum atomic E-state index is 12.3. The van der Waals surface area contributed by atoms with Crippen LogP contribution in [0.2, 0.25) is 0 Å². The van der Waals surface area contributed by atoms with Gasteiger partial charge >= 0.3 is 5.97 Å². The first kappa shape index (κ1) is 18.7. The second-order valence-corrected chi connectivity index (χ2v) is 6.86. The number of hydrogen-bond acceptors (Lipinski definition) is 6. The van der Waals surface area contributed by atoms with Gasteiger partial charge in [0.05, 0.1) is 23.3 Å². The molecule has 1 atom stereocenters. The standard InChI is InChI=1S/C17H20N2O5S/c1-10(2)9-11(17(22)23-3)18-16(21)13-6-7-14(25-13)19-15(20)12-5-4-8-24-12/h4-8,10-11H,9H2,1-3H3,(H,18,21)(H,19,20)/t11-/m1/s1. The molecule has 2 N–H and O–H groups in total. The Kier molecular flexibility index (Phi) is 6.35. The molecule has 0 saturated heterocycles. The minimum absolute atomic E-state index is 0.182. The Bertz CT molecular complexity index is 736. The van der Waals surface area contributed by atoms with E-state index < -0.39 is 17.9 Å². The minimum atomic E-state index is -0.708. The van der Waals surface area contributed by atoms with Gasteiger partial charge < -0.3 is 19.8 Å². The quantitative estimate of drug-likeness (QED) is 0.736. The summed E-state index contributed by atoms with van der Waals surface area (Å²) in [4.78, 5) is 36.4. The summed E-state index contributed by atoms with van der Waals surface area (Å²) in [5.74, 6) is -0.867. The van der Waals surface area contributed by atoms with Crippen molar-refractivity contribution in [3.05, 3.63) is 41.2 Å². The monoisotopic (exact) mass is 364 g/mol. The summed E-state index contributed by atoms with van der Waals surface area (Å²) >= 11 is 1.11. The molecule has 0 aliphatic carbocycles. The molecule has 0 aliphatic rings. The van der Waals surface area contributed by atoms with Crippen LogP contribution in [0.1, 0.15) is 40.5 Å². The molecule has 2 aromatic rings. The zero-order valence-electron chi connectivity index (χ0n) is 14.2. The second-order valence-electron chi connectivity index (χ2n) is 5.77. The van der Waals surface area contributed by atoms with Gasteiger partial charge in [0.25, 0.3) is 11.8 Å². The number of rotatable bonds is 7. The Morgan fingerprint density at radius 1 is 1.20 bits per heavy atom. The third-order valence-electron chi connectivity index (χ3n) is 3.31. The van der Waals surface area contributed by atoms with Gasteiger partial charge in [-0.05, 0) is 36.6 Å². The van der Waals surface area contributed by atoms with E-state index in [1.54, 1.807) is 24.3 Å². The van der Waals surface area contributed by atoms with E-state index >= 15 is 0 Å². The number of carbonyl (C=O) groups excluding carboxylic acids is 3. The molecule has 8 heteroatoms. The Balaban J connectivity index is 2.01. The van der Waals surface area contributed by atoms with E-state index in [-0.39, 0.29) is 17.6 Å². The van der Waals surface area contributed by atoms with Crippen LogP contribution in [0.3, 0.4) is 0 Å². The topological polar surface area (TPSA) is 97.6 Å². The molecule has 0 bridgehead atoms. The van der Waals surface area contributed by atoms with Crippen LogP contribution in [0.5, 0.6) is 0 Å². The third-order valence-corrected chi connectivity index (χ3v) is 4.31. The highest BCUT2D eigenvalue weighted by Gasteiger charge is 2.24. The SMILES string of the molecule is COC(=O)[C@@H](CC(C)C)NC(=O)c1ccc(NC(=O)c2ccco2)s1. The lowest BCUT2D eigenvalue weighted by Crippen LogP contribution is -2.42. The number of anilines is 1. The molecule has 7 nitrogen and oxygen atoms in total. The number of furan rings is 1. The summed E-state index contributed by atoms with van der Waals surface area (Å²) in [5.41, 5.74) is 0. The third kappa shape index (κ3) is 5.18. The number of esters is 1. The molecule has 2 rings (SSSR count). The number of methoxy groups -OCH3 is 1. The molecule has 0 radical (unpaired) electrons. The number of nitrogens with one attached hydrogen (secondary N) is 2. The molecule has 25 heavy (non-hydrogen) atoms. The smallest absolute Gasteiger partial charge is 0.328 e. The van der Waals surface area contributed by atoms with Crippen LogP contribution in [0.4, 0.5) is 5.00 Å². The van der Waals surface area contributed by atoms with Crippen molar-refractivity contribution in [2.24, 2.45) is 5.92 Å². The molecule has 0 unspecified atom stereocenters. The lowest BCUT2D eigenvalue weighted by atomic mass is 10.0. The van der Waals surface area contributed by atoms with E-state index in [1.807, 2.05) is 13.8 Å². The molecule has 0 aromatic carbocycles. The fourth-order valence-corrected chi connectivity index (χ4v) is 2.97. The van der Waals surface area contributed by atoms with Crippen LogP contribution >= 0.6 is 11.3 Å². The molecule has 0 fully saturated rings. The van der Waals surface area contributed by atoms with E-state index in [9.17, 15) is 14.4 Å². The molecular weight excluding hydrogens is 344 g/mol. The first-order chi connectivity index (χ1) is 11.9. The summed E-state index contributed by atoms with van der Waals surface area (Å²) in [7, 11) is 1.29. The van der Waals surface area contributed by atoms with Crippen LogP contribution in [0.25, 0.3) is 0 Å². The average molecular weight is 364 g/mol. The van der Waals surface area contributed by atoms with Gasteiger partial charge in [-0.3, -0.25) is 9.59 Å². The van der Waals surface area contributed by atoms with Crippen molar-refractivity contribution in [1.29, 1.82) is 0 Å². The number of ether oxygens (including phenoxy) is 1. The van der Waals surface area contributed by atoms with Crippen molar-refractivity contribution in [3.8, 4) is 0 Å². The van der Waals surface area contributed by atoms with E-state index in [4.69, 9.17) is 9.15 Å². The summed E-state index contributed by atoms with van der Waals surface area (Å²) in [6.45, 7) is 3.91. The molecule has 2 heterocycles. The molecule has 134 valence electrons. The van der Waals surface area contributed by atoms with Crippen LogP contribution in [-0.4, -0.2) is 30.9 Å². The van der Waals surface area contributed by atoms with Crippen LogP contribution < -0.4 is 10.6 Å². The van der Waals surface area contributed by atoms with Crippen LogP contribution in [0.15, 0.2) is 34.9 Å². The predicted molar refractivity (Wildman–Crippen MR) is 93.7 cm³/mol. The van der Waals surface area contributed by atoms with E-state index in [0.29, 0.717) is 16.3 Å². The zero-order valence-corrected chi connectivity index (χ0v) is 15.0. The van der Waals surface area contributed by atoms with Gasteiger partial charge in [-0.2, -0.15) is 0 Å². The summed E-state index contributed by atoms with van der Waals surface area (Å²) in [6, 6.07) is 5.66. The Morgan fingerprint density at radius 2 is 1.96 bits per heavy atom. The van der Waals surface area contributed by atoms with Gasteiger partial charge in [0, 0.05) is 0 Å². The predicted octanol–water partition coefficient (Wildman–Crippen LogP) is 2.91. The van der Waals surface area contributed by atoms with Crippen molar-refractivity contribution >= 4 is 34.1 Å². The minimum Gasteiger partial charge on any atom is -0.467 e. The molecule has 0 aliphatic heterocycles. The first-order valence-electron chi connectivity index (χ1n) is 7.74. The summed E-state index contributed by atoms with van der Waals surface area (Å²) < 4.78 is 9.74. The average Bonchev–Trinajstić information content (AvgIpc) is 3.24. The van der Waals surface area contributed by atoms with Crippen LogP contribution in [-0.2, 0) is 9.53 Å². The lowest BCUT2D eigenvalue weighted by Gasteiger charge is -2.17. The van der Waals surface area contributed by atoms with E-state index in [0.717, 1.165) is 11.3 Å². The van der Waals surface area contributed by atoms with E-state index in [2.05, 4.69) is 10.6 Å². The molecule has 2 amide bonds. The van der Waals surface area contributed by atoms with Gasteiger partial charge in [0.1, 0.15) is 6.04 Å². The van der Waals surface area contributed by atoms with Gasteiger partial charge in [0.2, 0.25) is 0 Å². The highest BCUT2D eigenvalue weighted by atomic mass is 32.1. The molecule has 0 saturated carbocycles. The Morgan fingerprint density at radius 3 is 2.56 bits per heavy atom. The van der Waals surface area contributed by atoms with Crippen molar-refractivity contribution in [2.45, 2.75) is 26.3 Å². The Labute approximate surface area is 149 Å². The number of amides is 2. The lowest BCUT2D eigenvalue weighted by molar-refractivity contribution is -0.143. The van der Waals surface area contributed by atoms with Gasteiger partial charge in [0.15, 0.2) is 5.76 Å². The van der Waals surface area contributed by atoms with Crippen LogP contribution in [0, 0.1) is 5.92 Å². The van der Waals surface area contributed by atoms with E-state index in [1.165, 1.54) is 13.4 Å². The molecular formula is C17H20N2O5S. The normalized spacial score (nSPS) is 11.8. The Hall–Kier alpha value is -2.61. The maximum absolute atomic E-state index is 12.3. The first-order valence-corrected chi connectivity index (χ1v) is 8.55. The highest BCUT2D eigenvalue weighted by molar-refractivity contribution is 7.18. The molecule has 0 spiro atoms. The largest absolute Gasteiger partial charge is 0.467 e. The van der Waals surface area contributed by atoms with Crippen molar-refractivity contribution in [2.75, 3.05) is 12.4 Å². The van der Waals surface area contributed by atoms with Crippen molar-refractivity contribution < 1.29 is 23.5 Å². The number of thiophene rings is 1. The van der Waals surface area contributed by atoms with Gasteiger partial charge in [-0.25, -0.2) is 4.79 Å². The number of carbonyl (C=O) groups is 3. The van der Waals surface area contributed by atoms with Crippen molar-refractivity contribution in [1.82, 2.24) is 5.32 Å². The van der Waals surface area contributed by atoms with Gasteiger partial charge in [-0.15, -0.1) is 11.3 Å². The molecule has 2 aromatic heterocycles. The number of hydrogen-bond donors (Lipinski definition) is 2. The van der Waals surface area contributed by atoms with Gasteiger partial charge in [-0.1, -0.05) is 13.8 Å². The van der Waals surface area contributed by atoms with Crippen molar-refractivity contribution in [3.63, 3.8) is 0 Å². The highest BCUT2D eigenvalue weighted by Crippen LogP contribution is 2.23. The fourth-order valence-electron chi connectivity index (χ4n) is 2.17. The zero-order chi connectivity index (χ0) is 18.4. The second kappa shape index (κ2) is 8.48.